The van der Waals surface area contributed by atoms with E-state index in [1.165, 1.54) is 0 Å². The summed E-state index contributed by atoms with van der Waals surface area (Å²) in [6.07, 6.45) is 1.01. The van der Waals surface area contributed by atoms with E-state index in [1.807, 2.05) is 66.7 Å². The highest BCUT2D eigenvalue weighted by Gasteiger charge is 2.19. The third-order valence-corrected chi connectivity index (χ3v) is 5.16. The molecule has 28 heavy (non-hydrogen) atoms. The summed E-state index contributed by atoms with van der Waals surface area (Å²) in [6, 6.07) is 25.6. The summed E-state index contributed by atoms with van der Waals surface area (Å²) in [5.74, 6) is 0.748. The molecule has 0 radical (unpaired) electrons. The Morgan fingerprint density at radius 1 is 0.929 bits per heavy atom. The first-order chi connectivity index (χ1) is 13.7. The quantitative estimate of drug-likeness (QED) is 0.450. The van der Waals surface area contributed by atoms with Gasteiger partial charge in [0.2, 0.25) is 5.91 Å². The highest BCUT2D eigenvalue weighted by molar-refractivity contribution is 9.10. The fourth-order valence-electron chi connectivity index (χ4n) is 3.24. The van der Waals surface area contributed by atoms with Crippen LogP contribution in [0.4, 0.5) is 0 Å². The van der Waals surface area contributed by atoms with Gasteiger partial charge in [0.15, 0.2) is 0 Å². The van der Waals surface area contributed by atoms with Crippen molar-refractivity contribution < 1.29 is 4.79 Å². The lowest BCUT2D eigenvalue weighted by molar-refractivity contribution is -0.121. The molecule has 1 heterocycles. The van der Waals surface area contributed by atoms with Gasteiger partial charge in [-0.25, -0.2) is 4.98 Å². The first-order valence-corrected chi connectivity index (χ1v) is 9.99. The third-order valence-electron chi connectivity index (χ3n) is 4.63. The molecule has 0 saturated carbocycles. The van der Waals surface area contributed by atoms with Gasteiger partial charge in [-0.3, -0.25) is 4.79 Å². The fourth-order valence-corrected chi connectivity index (χ4v) is 3.50. The monoisotopic (exact) mass is 433 g/mol. The van der Waals surface area contributed by atoms with Gasteiger partial charge < -0.3 is 10.3 Å². The summed E-state index contributed by atoms with van der Waals surface area (Å²) in [7, 11) is 0. The van der Waals surface area contributed by atoms with E-state index in [1.54, 1.807) is 0 Å². The van der Waals surface area contributed by atoms with E-state index in [0.717, 1.165) is 32.5 Å². The van der Waals surface area contributed by atoms with Gasteiger partial charge in [0.25, 0.3) is 0 Å². The van der Waals surface area contributed by atoms with Crippen molar-refractivity contribution in [3.8, 4) is 0 Å². The Kier molecular flexibility index (Phi) is 5.53. The van der Waals surface area contributed by atoms with Crippen molar-refractivity contribution in [1.29, 1.82) is 0 Å². The van der Waals surface area contributed by atoms with Crippen molar-refractivity contribution in [2.45, 2.75) is 18.9 Å². The number of imidazole rings is 1. The molecule has 4 aromatic rings. The highest BCUT2D eigenvalue weighted by atomic mass is 79.9. The Morgan fingerprint density at radius 2 is 1.64 bits per heavy atom. The molecule has 0 aliphatic carbocycles. The number of rotatable bonds is 6. The molecule has 0 aliphatic heterocycles. The van der Waals surface area contributed by atoms with Crippen LogP contribution >= 0.6 is 15.9 Å². The van der Waals surface area contributed by atoms with Gasteiger partial charge in [-0.2, -0.15) is 0 Å². The van der Waals surface area contributed by atoms with Gasteiger partial charge in [-0.1, -0.05) is 70.5 Å². The minimum Gasteiger partial charge on any atom is -0.346 e. The maximum absolute atomic E-state index is 12.7. The molecule has 0 unspecified atom stereocenters. The number of halogens is 1. The van der Waals surface area contributed by atoms with Crippen molar-refractivity contribution in [2.24, 2.45) is 0 Å². The number of para-hydroxylation sites is 2. The zero-order chi connectivity index (χ0) is 19.3. The van der Waals surface area contributed by atoms with Crippen molar-refractivity contribution in [3.63, 3.8) is 0 Å². The predicted octanol–water partition coefficient (Wildman–Crippen LogP) is 4.97. The van der Waals surface area contributed by atoms with Gasteiger partial charge in [0.1, 0.15) is 5.82 Å². The molecular weight excluding hydrogens is 414 g/mol. The van der Waals surface area contributed by atoms with Gasteiger partial charge in [-0.15, -0.1) is 0 Å². The summed E-state index contributed by atoms with van der Waals surface area (Å²) < 4.78 is 1.00. The number of nitrogens with one attached hydrogen (secondary N) is 2. The fraction of sp³-hybridized carbons (Fsp3) is 0.130. The number of aromatic nitrogens is 2. The van der Waals surface area contributed by atoms with Crippen molar-refractivity contribution >= 4 is 32.9 Å². The summed E-state index contributed by atoms with van der Waals surface area (Å²) in [5, 5.41) is 3.16. The van der Waals surface area contributed by atoms with Crippen LogP contribution in [0.25, 0.3) is 11.0 Å². The van der Waals surface area contributed by atoms with E-state index in [0.29, 0.717) is 12.8 Å². The molecule has 1 atom stereocenters. The van der Waals surface area contributed by atoms with Crippen LogP contribution < -0.4 is 5.32 Å². The van der Waals surface area contributed by atoms with Gasteiger partial charge in [0.05, 0.1) is 23.5 Å². The third kappa shape index (κ3) is 4.49. The number of hydrogen-bond acceptors (Lipinski definition) is 2. The van der Waals surface area contributed by atoms with E-state index in [2.05, 4.69) is 38.4 Å². The SMILES string of the molecule is O=C(Cc1ccc(Br)cc1)N[C@@H](Cc1ccccc1)c1nc2ccccc2[nH]1. The van der Waals surface area contributed by atoms with Crippen LogP contribution in [0.15, 0.2) is 83.3 Å². The van der Waals surface area contributed by atoms with Crippen molar-refractivity contribution in [1.82, 2.24) is 15.3 Å². The van der Waals surface area contributed by atoms with Crippen LogP contribution in [-0.2, 0) is 17.6 Å². The van der Waals surface area contributed by atoms with Crippen LogP contribution in [0.3, 0.4) is 0 Å². The Morgan fingerprint density at radius 3 is 2.39 bits per heavy atom. The van der Waals surface area contributed by atoms with E-state index in [-0.39, 0.29) is 11.9 Å². The Hall–Kier alpha value is -2.92. The molecule has 0 bridgehead atoms. The number of carbonyl (C=O) groups is 1. The van der Waals surface area contributed by atoms with Crippen LogP contribution in [-0.4, -0.2) is 15.9 Å². The average Bonchev–Trinajstić information content (AvgIpc) is 3.14. The highest BCUT2D eigenvalue weighted by Crippen LogP contribution is 2.20. The maximum Gasteiger partial charge on any atom is 0.225 e. The van der Waals surface area contributed by atoms with E-state index >= 15 is 0 Å². The number of nitrogens with zero attached hydrogens (tertiary/aromatic N) is 1. The number of fused-ring (bicyclic) bond motifs is 1. The topological polar surface area (TPSA) is 57.8 Å². The number of aromatic amines is 1. The molecule has 5 heteroatoms. The zero-order valence-corrected chi connectivity index (χ0v) is 16.8. The van der Waals surface area contributed by atoms with Gasteiger partial charge >= 0.3 is 0 Å². The molecule has 3 aromatic carbocycles. The number of H-pyrrole nitrogens is 1. The molecule has 0 saturated heterocycles. The minimum absolute atomic E-state index is 0.0243. The maximum atomic E-state index is 12.7. The van der Waals surface area contributed by atoms with Crippen molar-refractivity contribution in [3.05, 3.63) is 100 Å². The molecule has 4 rings (SSSR count). The summed E-state index contributed by atoms with van der Waals surface area (Å²) in [6.45, 7) is 0. The van der Waals surface area contributed by atoms with E-state index < -0.39 is 0 Å². The lowest BCUT2D eigenvalue weighted by Gasteiger charge is -2.17. The second-order valence-electron chi connectivity index (χ2n) is 6.75. The first kappa shape index (κ1) is 18.4. The first-order valence-electron chi connectivity index (χ1n) is 9.20. The molecule has 0 spiro atoms. The average molecular weight is 434 g/mol. The molecule has 140 valence electrons. The second kappa shape index (κ2) is 8.40. The largest absolute Gasteiger partial charge is 0.346 e. The lowest BCUT2D eigenvalue weighted by atomic mass is 10.0. The molecule has 0 fully saturated rings. The Bertz CT molecular complexity index is 1040. The number of carbonyl (C=O) groups excluding carboxylic acids is 1. The zero-order valence-electron chi connectivity index (χ0n) is 15.2. The van der Waals surface area contributed by atoms with Crippen LogP contribution in [0.1, 0.15) is 23.0 Å². The molecule has 0 aliphatic rings. The summed E-state index contributed by atoms with van der Waals surface area (Å²) in [4.78, 5) is 20.8. The Balaban J connectivity index is 1.56. The van der Waals surface area contributed by atoms with Gasteiger partial charge in [-0.05, 0) is 41.8 Å². The number of amides is 1. The lowest BCUT2D eigenvalue weighted by Crippen LogP contribution is -2.32. The standard InChI is InChI=1S/C23H20BrN3O/c24-18-12-10-17(11-13-18)15-22(28)25-21(14-16-6-2-1-3-7-16)23-26-19-8-4-5-9-20(19)27-23/h1-13,21H,14-15H2,(H,25,28)(H,26,27)/t21-/m0/s1. The smallest absolute Gasteiger partial charge is 0.225 e. The van der Waals surface area contributed by atoms with E-state index in [9.17, 15) is 4.79 Å². The second-order valence-corrected chi connectivity index (χ2v) is 7.67. The normalized spacial score (nSPS) is 12.0. The molecule has 2 N–H and O–H groups in total. The molecule has 1 aromatic heterocycles. The summed E-state index contributed by atoms with van der Waals surface area (Å²) in [5.41, 5.74) is 4.00. The molecular formula is C23H20BrN3O. The Labute approximate surface area is 172 Å². The van der Waals surface area contributed by atoms with Crippen LogP contribution in [0.2, 0.25) is 0 Å². The number of benzene rings is 3. The van der Waals surface area contributed by atoms with Crippen LogP contribution in [0.5, 0.6) is 0 Å². The van der Waals surface area contributed by atoms with E-state index in [4.69, 9.17) is 4.98 Å². The van der Waals surface area contributed by atoms with Gasteiger partial charge in [0, 0.05) is 4.47 Å². The van der Waals surface area contributed by atoms with Crippen LogP contribution in [0, 0.1) is 0 Å². The molecule has 4 nitrogen and oxygen atoms in total. The summed E-state index contributed by atoms with van der Waals surface area (Å²) >= 11 is 3.42. The molecule has 1 amide bonds. The predicted molar refractivity (Wildman–Crippen MR) is 115 cm³/mol. The van der Waals surface area contributed by atoms with Crippen molar-refractivity contribution in [2.75, 3.05) is 0 Å². The number of hydrogen-bond donors (Lipinski definition) is 2. The minimum atomic E-state index is -0.224.